The van der Waals surface area contributed by atoms with Crippen LogP contribution in [0.5, 0.6) is 0 Å². The molecule has 0 fully saturated rings. The maximum absolute atomic E-state index is 5.32. The van der Waals surface area contributed by atoms with Crippen LogP contribution in [0.15, 0.2) is 0 Å². The highest BCUT2D eigenvalue weighted by Crippen LogP contribution is 2.29. The Labute approximate surface area is 102 Å². The number of methoxy groups -OCH3 is 1. The molecule has 92 valence electrons. The van der Waals surface area contributed by atoms with E-state index in [0.717, 1.165) is 18.1 Å². The van der Waals surface area contributed by atoms with Crippen molar-refractivity contribution in [3.8, 4) is 0 Å². The van der Waals surface area contributed by atoms with Crippen LogP contribution in [-0.2, 0) is 11.3 Å². The summed E-state index contributed by atoms with van der Waals surface area (Å²) in [5.41, 5.74) is 1.21. The van der Waals surface area contributed by atoms with E-state index in [1.807, 2.05) is 6.92 Å². The lowest BCUT2D eigenvalue weighted by Crippen LogP contribution is -2.12. The average molecular weight is 242 g/mol. The molecular formula is C12H22N2OS. The molecule has 0 bridgehead atoms. The molecule has 0 aliphatic rings. The van der Waals surface area contributed by atoms with Gasteiger partial charge in [0.1, 0.15) is 11.1 Å². The van der Waals surface area contributed by atoms with Crippen LogP contribution >= 0.6 is 11.3 Å². The molecule has 0 aliphatic carbocycles. The predicted molar refractivity (Wildman–Crippen MR) is 69.0 cm³/mol. The Morgan fingerprint density at radius 2 is 2.06 bits per heavy atom. The van der Waals surface area contributed by atoms with Gasteiger partial charge in [-0.2, -0.15) is 0 Å². The lowest BCUT2D eigenvalue weighted by molar-refractivity contribution is 0.119. The fourth-order valence-electron chi connectivity index (χ4n) is 1.47. The second-order valence-corrected chi connectivity index (χ2v) is 5.29. The van der Waals surface area contributed by atoms with Gasteiger partial charge in [-0.15, -0.1) is 11.3 Å². The lowest BCUT2D eigenvalue weighted by atomic mass is 10.1. The van der Waals surface area contributed by atoms with Crippen molar-refractivity contribution in [3.63, 3.8) is 0 Å². The van der Waals surface area contributed by atoms with Crippen molar-refractivity contribution >= 4 is 11.3 Å². The minimum absolute atomic E-state index is 0.0953. The third-order valence-corrected chi connectivity index (χ3v) is 3.76. The molecule has 3 nitrogen and oxygen atoms in total. The zero-order valence-corrected chi connectivity index (χ0v) is 11.6. The highest BCUT2D eigenvalue weighted by Gasteiger charge is 2.17. The molecule has 4 heteroatoms. The molecule has 0 amide bonds. The van der Waals surface area contributed by atoms with Gasteiger partial charge in [-0.05, 0) is 19.4 Å². The van der Waals surface area contributed by atoms with Crippen molar-refractivity contribution < 1.29 is 4.74 Å². The summed E-state index contributed by atoms with van der Waals surface area (Å²) in [6.07, 6.45) is 0.0953. The molecule has 1 N–H and O–H groups in total. The molecule has 0 spiro atoms. The molecule has 0 aliphatic heterocycles. The van der Waals surface area contributed by atoms with Crippen LogP contribution in [0.25, 0.3) is 0 Å². The largest absolute Gasteiger partial charge is 0.375 e. The second kappa shape index (κ2) is 6.33. The molecule has 16 heavy (non-hydrogen) atoms. The molecule has 1 heterocycles. The first-order valence-corrected chi connectivity index (χ1v) is 6.64. The summed E-state index contributed by atoms with van der Waals surface area (Å²) in [6.45, 7) is 10.4. The second-order valence-electron chi connectivity index (χ2n) is 4.17. The molecule has 1 atom stereocenters. The molecule has 1 unspecified atom stereocenters. The third-order valence-electron chi connectivity index (χ3n) is 2.53. The lowest BCUT2D eigenvalue weighted by Gasteiger charge is -2.05. The maximum Gasteiger partial charge on any atom is 0.122 e. The maximum atomic E-state index is 5.32. The van der Waals surface area contributed by atoms with Crippen LogP contribution in [-0.4, -0.2) is 18.6 Å². The third kappa shape index (κ3) is 3.27. The minimum Gasteiger partial charge on any atom is -0.375 e. The quantitative estimate of drug-likeness (QED) is 0.832. The van der Waals surface area contributed by atoms with E-state index in [4.69, 9.17) is 4.74 Å². The average Bonchev–Trinajstić information content (AvgIpc) is 2.69. The Morgan fingerprint density at radius 3 is 2.56 bits per heavy atom. The number of hydrogen-bond acceptors (Lipinski definition) is 4. The number of hydrogen-bond donors (Lipinski definition) is 1. The summed E-state index contributed by atoms with van der Waals surface area (Å²) in [5.74, 6) is 0.475. The Hall–Kier alpha value is -0.450. The van der Waals surface area contributed by atoms with Gasteiger partial charge in [0.25, 0.3) is 0 Å². The van der Waals surface area contributed by atoms with E-state index in [1.165, 1.54) is 10.6 Å². The molecular weight excluding hydrogens is 220 g/mol. The van der Waals surface area contributed by atoms with Gasteiger partial charge in [0.2, 0.25) is 0 Å². The Balaban J connectivity index is 2.90. The molecule has 0 saturated carbocycles. The van der Waals surface area contributed by atoms with E-state index in [9.17, 15) is 0 Å². The first-order valence-electron chi connectivity index (χ1n) is 5.83. The van der Waals surface area contributed by atoms with Crippen molar-refractivity contribution in [2.24, 2.45) is 0 Å². The predicted octanol–water partition coefficient (Wildman–Crippen LogP) is 3.08. The highest BCUT2D eigenvalue weighted by atomic mass is 32.1. The zero-order valence-electron chi connectivity index (χ0n) is 10.8. The number of nitrogens with one attached hydrogen (secondary N) is 1. The van der Waals surface area contributed by atoms with E-state index < -0.39 is 0 Å². The van der Waals surface area contributed by atoms with Crippen LogP contribution in [0, 0.1) is 0 Å². The van der Waals surface area contributed by atoms with Gasteiger partial charge in [-0.3, -0.25) is 0 Å². The van der Waals surface area contributed by atoms with E-state index in [2.05, 4.69) is 31.1 Å². The Bertz CT molecular complexity index is 323. The summed E-state index contributed by atoms with van der Waals surface area (Å²) >= 11 is 1.76. The molecule has 0 aromatic carbocycles. The fraction of sp³-hybridized carbons (Fsp3) is 0.750. The summed E-state index contributed by atoms with van der Waals surface area (Å²) in [4.78, 5) is 6.03. The first kappa shape index (κ1) is 13.6. The number of ether oxygens (including phenoxy) is 1. The van der Waals surface area contributed by atoms with Crippen LogP contribution < -0.4 is 5.32 Å². The Kier molecular flexibility index (Phi) is 5.38. The smallest absolute Gasteiger partial charge is 0.122 e. The van der Waals surface area contributed by atoms with Crippen LogP contribution in [0.3, 0.4) is 0 Å². The number of aromatic nitrogens is 1. The fourth-order valence-corrected chi connectivity index (χ4v) is 2.69. The number of rotatable bonds is 6. The zero-order chi connectivity index (χ0) is 12.1. The van der Waals surface area contributed by atoms with E-state index in [1.54, 1.807) is 18.4 Å². The summed E-state index contributed by atoms with van der Waals surface area (Å²) in [6, 6.07) is 0. The SMILES string of the molecule is CCNCc1sc(C(C)OC)nc1C(C)C. The van der Waals surface area contributed by atoms with Crippen LogP contribution in [0.4, 0.5) is 0 Å². The normalized spacial score (nSPS) is 13.4. The van der Waals surface area contributed by atoms with Gasteiger partial charge >= 0.3 is 0 Å². The number of thiazole rings is 1. The molecule has 1 aromatic heterocycles. The van der Waals surface area contributed by atoms with E-state index in [-0.39, 0.29) is 6.10 Å². The van der Waals surface area contributed by atoms with Crippen molar-refractivity contribution in [3.05, 3.63) is 15.6 Å². The van der Waals surface area contributed by atoms with Gasteiger partial charge in [0.15, 0.2) is 0 Å². The highest BCUT2D eigenvalue weighted by molar-refractivity contribution is 7.11. The van der Waals surface area contributed by atoms with Crippen LogP contribution in [0.1, 0.15) is 55.3 Å². The first-order chi connectivity index (χ1) is 7.60. The molecule has 1 rings (SSSR count). The number of nitrogens with zero attached hydrogens (tertiary/aromatic N) is 1. The Morgan fingerprint density at radius 1 is 1.38 bits per heavy atom. The molecule has 0 saturated heterocycles. The van der Waals surface area contributed by atoms with E-state index >= 15 is 0 Å². The topological polar surface area (TPSA) is 34.1 Å². The van der Waals surface area contributed by atoms with Crippen molar-refractivity contribution in [1.29, 1.82) is 0 Å². The van der Waals surface area contributed by atoms with Crippen molar-refractivity contribution in [2.45, 2.75) is 46.3 Å². The standard InChI is InChI=1S/C12H22N2OS/c1-6-13-7-10-11(8(2)3)14-12(16-10)9(4)15-5/h8-9,13H,6-7H2,1-5H3. The molecule has 0 radical (unpaired) electrons. The van der Waals surface area contributed by atoms with Crippen molar-refractivity contribution in [1.82, 2.24) is 10.3 Å². The van der Waals surface area contributed by atoms with Gasteiger partial charge in [0, 0.05) is 18.5 Å². The van der Waals surface area contributed by atoms with E-state index in [0.29, 0.717) is 5.92 Å². The summed E-state index contributed by atoms with van der Waals surface area (Å²) in [7, 11) is 1.73. The van der Waals surface area contributed by atoms with Crippen LogP contribution in [0.2, 0.25) is 0 Å². The molecule has 1 aromatic rings. The minimum atomic E-state index is 0.0953. The van der Waals surface area contributed by atoms with Gasteiger partial charge in [-0.1, -0.05) is 20.8 Å². The van der Waals surface area contributed by atoms with Gasteiger partial charge in [0.05, 0.1) is 5.69 Å². The summed E-state index contributed by atoms with van der Waals surface area (Å²) in [5, 5.41) is 4.44. The summed E-state index contributed by atoms with van der Waals surface area (Å²) < 4.78 is 5.32. The van der Waals surface area contributed by atoms with Crippen molar-refractivity contribution in [2.75, 3.05) is 13.7 Å². The van der Waals surface area contributed by atoms with Gasteiger partial charge < -0.3 is 10.1 Å². The van der Waals surface area contributed by atoms with Gasteiger partial charge in [-0.25, -0.2) is 4.98 Å². The monoisotopic (exact) mass is 242 g/mol.